The van der Waals surface area contributed by atoms with Crippen LogP contribution in [0.15, 0.2) is 42.5 Å². The second-order valence-electron chi connectivity index (χ2n) is 5.87. The van der Waals surface area contributed by atoms with E-state index in [9.17, 15) is 14.4 Å². The first-order valence-corrected chi connectivity index (χ1v) is 15.2. The average Bonchev–Trinajstić information content (AvgIpc) is 2.53. The van der Waals surface area contributed by atoms with E-state index in [1.807, 2.05) is 18.2 Å². The minimum absolute atomic E-state index is 0.445. The minimum atomic E-state index is -5.20. The Hall–Kier alpha value is -1.94. The molecule has 0 unspecified atom stereocenters. The van der Waals surface area contributed by atoms with Gasteiger partial charge >= 0.3 is 169 Å². The maximum atomic E-state index is 11.7. The number of aryl methyl sites for hydroxylation is 1. The molecule has 27 heavy (non-hydrogen) atoms. The molecule has 0 amide bonds. The Kier molecular flexibility index (Phi) is 6.99. The summed E-state index contributed by atoms with van der Waals surface area (Å²) >= 11 is 0.723. The fraction of sp³-hybridized carbons (Fsp3) is 0.211. The van der Waals surface area contributed by atoms with Gasteiger partial charge in [-0.2, -0.15) is 0 Å². The molecule has 0 aliphatic heterocycles. The topological polar surface area (TPSA) is 78.9 Å². The molecule has 2 aromatic rings. The van der Waals surface area contributed by atoms with Crippen LogP contribution in [0.5, 0.6) is 0 Å². The standard InChI is InChI=1S/C13H10Cl.3C2H4O2.Pb/c1-10-3-2-4-12(9-10)11-5-7-13(14)8-6-11;3*1-2(3)4;/h2,4-9H,1H3;3*1H3,(H,3,4);/q;;;;+3/p-3. The molecule has 0 spiro atoms. The summed E-state index contributed by atoms with van der Waals surface area (Å²) in [5, 5.41) is 0.627. The zero-order valence-corrected chi connectivity index (χ0v) is 20.0. The second kappa shape index (κ2) is 8.83. The molecule has 0 aromatic heterocycles. The van der Waals surface area contributed by atoms with Crippen LogP contribution in [0.1, 0.15) is 26.3 Å². The zero-order chi connectivity index (χ0) is 20.2. The Labute approximate surface area is 169 Å². The number of halogens is 1. The summed E-state index contributed by atoms with van der Waals surface area (Å²) in [4.78, 5) is 35.0. The summed E-state index contributed by atoms with van der Waals surface area (Å²) in [5.74, 6) is -2.04. The van der Waals surface area contributed by atoms with E-state index in [4.69, 9.17) is 19.7 Å². The Morgan fingerprint density at radius 1 is 0.778 bits per heavy atom. The molecule has 0 aliphatic carbocycles. The van der Waals surface area contributed by atoms with Crippen molar-refractivity contribution in [2.45, 2.75) is 27.7 Å². The summed E-state index contributed by atoms with van der Waals surface area (Å²) in [6, 6.07) is 12.6. The first-order chi connectivity index (χ1) is 12.6. The first-order valence-electron chi connectivity index (χ1n) is 8.09. The van der Waals surface area contributed by atoms with Gasteiger partial charge in [0, 0.05) is 0 Å². The Bertz CT molecular complexity index is 837. The predicted molar refractivity (Wildman–Crippen MR) is 102 cm³/mol. The van der Waals surface area contributed by atoms with Crippen molar-refractivity contribution < 1.29 is 22.4 Å². The van der Waals surface area contributed by atoms with Gasteiger partial charge in [0.05, 0.1) is 0 Å². The molecule has 0 heterocycles. The number of benzene rings is 2. The van der Waals surface area contributed by atoms with Crippen molar-refractivity contribution in [3.05, 3.63) is 53.1 Å². The molecule has 0 N–H and O–H groups in total. The molecule has 6 nitrogen and oxygen atoms in total. The van der Waals surface area contributed by atoms with Gasteiger partial charge in [-0.25, -0.2) is 0 Å². The molecule has 0 bridgehead atoms. The quantitative estimate of drug-likeness (QED) is 0.502. The van der Waals surface area contributed by atoms with Crippen LogP contribution in [0, 0.1) is 6.92 Å². The fourth-order valence-electron chi connectivity index (χ4n) is 2.62. The van der Waals surface area contributed by atoms with Gasteiger partial charge < -0.3 is 0 Å². The van der Waals surface area contributed by atoms with Crippen molar-refractivity contribution in [1.29, 1.82) is 0 Å². The van der Waals surface area contributed by atoms with Gasteiger partial charge in [0.2, 0.25) is 0 Å². The van der Waals surface area contributed by atoms with Crippen molar-refractivity contribution in [2.75, 3.05) is 0 Å². The first kappa shape index (κ1) is 21.4. The molecule has 0 aliphatic rings. The fourth-order valence-corrected chi connectivity index (χ4v) is 12.2. The number of hydrogen-bond acceptors (Lipinski definition) is 6. The van der Waals surface area contributed by atoms with Gasteiger partial charge in [0.1, 0.15) is 0 Å². The Morgan fingerprint density at radius 3 is 1.63 bits per heavy atom. The summed E-state index contributed by atoms with van der Waals surface area (Å²) in [5.41, 5.74) is 2.51. The van der Waals surface area contributed by atoms with E-state index < -0.39 is 40.4 Å². The monoisotopic (exact) mass is 586 g/mol. The van der Waals surface area contributed by atoms with Gasteiger partial charge in [0.15, 0.2) is 0 Å². The molecular weight excluding hydrogens is 567 g/mol. The van der Waals surface area contributed by atoms with Crippen molar-refractivity contribution in [2.24, 2.45) is 0 Å². The van der Waals surface area contributed by atoms with Crippen LogP contribution in [0.4, 0.5) is 0 Å². The maximum absolute atomic E-state index is 11.7. The Balaban J connectivity index is 2.56. The van der Waals surface area contributed by atoms with E-state index in [0.717, 1.165) is 11.1 Å². The number of rotatable bonds is 5. The summed E-state index contributed by atoms with van der Waals surface area (Å²) in [7, 11) is 0. The Morgan fingerprint density at radius 2 is 1.22 bits per heavy atom. The van der Waals surface area contributed by atoms with Gasteiger partial charge in [-0.15, -0.1) is 0 Å². The van der Waals surface area contributed by atoms with Crippen LogP contribution in [-0.4, -0.2) is 40.4 Å². The van der Waals surface area contributed by atoms with E-state index >= 15 is 0 Å². The normalized spacial score (nSPS) is 10.9. The predicted octanol–water partition coefficient (Wildman–Crippen LogP) is 3.15. The summed E-state index contributed by atoms with van der Waals surface area (Å²) in [6.07, 6.45) is 0. The van der Waals surface area contributed by atoms with Crippen molar-refractivity contribution >= 4 is 55.2 Å². The van der Waals surface area contributed by atoms with Gasteiger partial charge in [0.25, 0.3) is 0 Å². The van der Waals surface area contributed by atoms with Crippen LogP contribution in [0.2, 0.25) is 5.02 Å². The molecule has 8 heteroatoms. The van der Waals surface area contributed by atoms with Crippen molar-refractivity contribution in [1.82, 2.24) is 0 Å². The van der Waals surface area contributed by atoms with Crippen LogP contribution >= 0.6 is 11.6 Å². The second-order valence-corrected chi connectivity index (χ2v) is 15.1. The van der Waals surface area contributed by atoms with Gasteiger partial charge in [-0.05, 0) is 0 Å². The van der Waals surface area contributed by atoms with E-state index in [1.54, 1.807) is 31.2 Å². The van der Waals surface area contributed by atoms with Crippen molar-refractivity contribution in [3.8, 4) is 11.1 Å². The third-order valence-electron chi connectivity index (χ3n) is 3.57. The van der Waals surface area contributed by atoms with Crippen LogP contribution in [0.3, 0.4) is 0 Å². The van der Waals surface area contributed by atoms with Crippen LogP contribution < -0.4 is 3.12 Å². The van der Waals surface area contributed by atoms with Crippen LogP contribution in [-0.2, 0) is 22.4 Å². The molecule has 0 saturated carbocycles. The molecule has 142 valence electrons. The zero-order valence-electron chi connectivity index (χ0n) is 15.4. The number of hydrogen-bond donors (Lipinski definition) is 0. The molecule has 2 rings (SSSR count). The molecule has 0 atom stereocenters. The number of carbonyl (C=O) groups excluding carboxylic acids is 3. The number of carbonyl (C=O) groups is 3. The molecule has 0 radical (unpaired) electrons. The molecule has 0 fully saturated rings. The summed E-state index contributed by atoms with van der Waals surface area (Å²) in [6.45, 7) is 5.32. The van der Waals surface area contributed by atoms with E-state index in [-0.39, 0.29) is 0 Å². The van der Waals surface area contributed by atoms with E-state index in [1.165, 1.54) is 20.8 Å². The van der Waals surface area contributed by atoms with Gasteiger partial charge in [-0.1, -0.05) is 0 Å². The SMILES string of the molecule is CC(=O)[O][Pb]([O]C(C)=O)([O]C(C)=O)[c]1ccc(-c2ccc(Cl)cc2)cc1C. The van der Waals surface area contributed by atoms with Gasteiger partial charge in [-0.3, -0.25) is 0 Å². The molecular formula is C19H19ClO6Pb. The van der Waals surface area contributed by atoms with Crippen molar-refractivity contribution in [3.63, 3.8) is 0 Å². The molecule has 2 aromatic carbocycles. The third-order valence-corrected chi connectivity index (χ3v) is 15.1. The summed E-state index contributed by atoms with van der Waals surface area (Å²) < 4.78 is 16.5. The third kappa shape index (κ3) is 5.52. The van der Waals surface area contributed by atoms with Crippen LogP contribution in [0.25, 0.3) is 11.1 Å². The molecule has 0 saturated heterocycles. The van der Waals surface area contributed by atoms with E-state index in [2.05, 4.69) is 0 Å². The average molecular weight is 586 g/mol. The van der Waals surface area contributed by atoms with E-state index in [0.29, 0.717) is 13.7 Å².